The maximum atomic E-state index is 13.8. The number of anilines is 1. The van der Waals surface area contributed by atoms with Crippen molar-refractivity contribution in [3.05, 3.63) is 92.9 Å². The lowest BCUT2D eigenvalue weighted by atomic mass is 10.1. The molecule has 0 bridgehead atoms. The second-order valence-corrected chi connectivity index (χ2v) is 12.2. The Morgan fingerprint density at radius 1 is 0.974 bits per heavy atom. The van der Waals surface area contributed by atoms with Crippen LogP contribution < -0.4 is 9.62 Å². The number of sulfonamides is 1. The van der Waals surface area contributed by atoms with E-state index in [1.165, 1.54) is 29.2 Å². The van der Waals surface area contributed by atoms with Gasteiger partial charge in [0, 0.05) is 22.6 Å². The van der Waals surface area contributed by atoms with Crippen LogP contribution in [0.1, 0.15) is 30.5 Å². The Morgan fingerprint density at radius 3 is 2.18 bits per heavy atom. The zero-order chi connectivity index (χ0) is 28.0. The van der Waals surface area contributed by atoms with Crippen molar-refractivity contribution in [2.45, 2.75) is 45.2 Å². The third-order valence-electron chi connectivity index (χ3n) is 6.24. The first kappa shape index (κ1) is 29.7. The zero-order valence-electron chi connectivity index (χ0n) is 21.7. The van der Waals surface area contributed by atoms with Crippen molar-refractivity contribution in [3.63, 3.8) is 0 Å². The van der Waals surface area contributed by atoms with Crippen LogP contribution in [0.5, 0.6) is 0 Å². The molecule has 0 aliphatic rings. The van der Waals surface area contributed by atoms with E-state index in [2.05, 4.69) is 21.2 Å². The third kappa shape index (κ3) is 7.15. The summed E-state index contributed by atoms with van der Waals surface area (Å²) >= 11 is 9.39. The molecule has 0 heterocycles. The van der Waals surface area contributed by atoms with Crippen LogP contribution in [0.2, 0.25) is 5.02 Å². The van der Waals surface area contributed by atoms with E-state index < -0.39 is 28.5 Å². The maximum absolute atomic E-state index is 13.8. The van der Waals surface area contributed by atoms with Crippen LogP contribution in [0, 0.1) is 13.8 Å². The first-order valence-corrected chi connectivity index (χ1v) is 14.7. The van der Waals surface area contributed by atoms with Gasteiger partial charge in [-0.25, -0.2) is 8.42 Å². The van der Waals surface area contributed by atoms with Gasteiger partial charge in [0.25, 0.3) is 10.0 Å². The van der Waals surface area contributed by atoms with E-state index in [1.54, 1.807) is 26.0 Å². The average Bonchev–Trinajstić information content (AvgIpc) is 2.88. The number of benzene rings is 3. The molecular formula is C28H31BrClN3O4S. The van der Waals surface area contributed by atoms with Crippen LogP contribution >= 0.6 is 27.5 Å². The molecule has 1 N–H and O–H groups in total. The van der Waals surface area contributed by atoms with Crippen molar-refractivity contribution in [1.82, 2.24) is 10.2 Å². The number of carbonyl (C=O) groups excluding carboxylic acids is 2. The molecule has 0 saturated carbocycles. The summed E-state index contributed by atoms with van der Waals surface area (Å²) < 4.78 is 29.6. The zero-order valence-corrected chi connectivity index (χ0v) is 24.9. The van der Waals surface area contributed by atoms with E-state index >= 15 is 0 Å². The topological polar surface area (TPSA) is 86.8 Å². The SMILES string of the molecule is CCNC(=O)[C@@H](C)N(Cc1ccc(Br)cc1)C(=O)CN(c1ccc(C)c(C)c1)S(=O)(=O)c1ccc(Cl)cc1. The standard InChI is InChI=1S/C28H31BrClN3O4S/c1-5-31-28(35)21(4)32(17-22-7-9-23(29)10-8-22)27(34)18-33(25-13-6-19(2)20(3)16-25)38(36,37)26-14-11-24(30)12-15-26/h6-16,21H,5,17-18H2,1-4H3,(H,31,35)/t21-/m1/s1. The molecule has 3 rings (SSSR count). The summed E-state index contributed by atoms with van der Waals surface area (Å²) in [6, 6.07) is 17.6. The van der Waals surface area contributed by atoms with Crippen LogP contribution in [0.4, 0.5) is 5.69 Å². The van der Waals surface area contributed by atoms with Crippen LogP contribution in [-0.4, -0.2) is 44.3 Å². The molecule has 1 atom stereocenters. The Balaban J connectivity index is 2.05. The van der Waals surface area contributed by atoms with E-state index in [1.807, 2.05) is 44.2 Å². The lowest BCUT2D eigenvalue weighted by Gasteiger charge is -2.32. The summed E-state index contributed by atoms with van der Waals surface area (Å²) in [5, 5.41) is 3.15. The molecule has 10 heteroatoms. The van der Waals surface area contributed by atoms with Crippen LogP contribution in [0.25, 0.3) is 0 Å². The van der Waals surface area contributed by atoms with Crippen LogP contribution in [0.3, 0.4) is 0 Å². The van der Waals surface area contributed by atoms with Gasteiger partial charge < -0.3 is 10.2 Å². The number of hydrogen-bond donors (Lipinski definition) is 1. The molecule has 0 aliphatic heterocycles. The Kier molecular flexibility index (Phi) is 9.98. The minimum absolute atomic E-state index is 0.00385. The van der Waals surface area contributed by atoms with Crippen molar-refractivity contribution < 1.29 is 18.0 Å². The number of likely N-dealkylation sites (N-methyl/N-ethyl adjacent to an activating group) is 1. The Labute approximate surface area is 238 Å². The van der Waals surface area contributed by atoms with Gasteiger partial charge in [-0.1, -0.05) is 45.7 Å². The number of nitrogens with zero attached hydrogens (tertiary/aromatic N) is 2. The minimum atomic E-state index is -4.14. The van der Waals surface area contributed by atoms with Gasteiger partial charge in [-0.15, -0.1) is 0 Å². The van der Waals surface area contributed by atoms with E-state index in [9.17, 15) is 18.0 Å². The predicted octanol–water partition coefficient (Wildman–Crippen LogP) is 5.47. The number of aryl methyl sites for hydroxylation is 2. The molecular weight excluding hydrogens is 590 g/mol. The van der Waals surface area contributed by atoms with Gasteiger partial charge in [0.2, 0.25) is 11.8 Å². The quantitative estimate of drug-likeness (QED) is 0.326. The van der Waals surface area contributed by atoms with Gasteiger partial charge in [0.1, 0.15) is 12.6 Å². The van der Waals surface area contributed by atoms with Crippen molar-refractivity contribution in [2.75, 3.05) is 17.4 Å². The smallest absolute Gasteiger partial charge is 0.264 e. The summed E-state index contributed by atoms with van der Waals surface area (Å²) in [7, 11) is -4.14. The monoisotopic (exact) mass is 619 g/mol. The molecule has 0 radical (unpaired) electrons. The van der Waals surface area contributed by atoms with Crippen molar-refractivity contribution >= 4 is 55.1 Å². The molecule has 202 valence electrons. The molecule has 0 aromatic heterocycles. The number of amides is 2. The highest BCUT2D eigenvalue weighted by molar-refractivity contribution is 9.10. The lowest BCUT2D eigenvalue weighted by molar-refractivity contribution is -0.139. The summed E-state index contributed by atoms with van der Waals surface area (Å²) in [4.78, 5) is 28.0. The second-order valence-electron chi connectivity index (χ2n) is 8.95. The largest absolute Gasteiger partial charge is 0.355 e. The minimum Gasteiger partial charge on any atom is -0.355 e. The molecule has 0 saturated heterocycles. The van der Waals surface area contributed by atoms with Crippen molar-refractivity contribution in [3.8, 4) is 0 Å². The molecule has 2 amide bonds. The second kappa shape index (κ2) is 12.8. The van der Waals surface area contributed by atoms with Gasteiger partial charge in [-0.3, -0.25) is 13.9 Å². The molecule has 0 unspecified atom stereocenters. The third-order valence-corrected chi connectivity index (χ3v) is 8.81. The number of rotatable bonds is 10. The maximum Gasteiger partial charge on any atom is 0.264 e. The number of hydrogen-bond acceptors (Lipinski definition) is 4. The van der Waals surface area contributed by atoms with Gasteiger partial charge in [0.15, 0.2) is 0 Å². The molecule has 38 heavy (non-hydrogen) atoms. The van der Waals surface area contributed by atoms with E-state index in [0.717, 1.165) is 25.5 Å². The lowest BCUT2D eigenvalue weighted by Crippen LogP contribution is -2.51. The Morgan fingerprint density at radius 2 is 1.61 bits per heavy atom. The molecule has 3 aromatic rings. The van der Waals surface area contributed by atoms with Crippen molar-refractivity contribution in [1.29, 1.82) is 0 Å². The molecule has 3 aromatic carbocycles. The van der Waals surface area contributed by atoms with E-state index in [-0.39, 0.29) is 17.3 Å². The Hall–Kier alpha value is -2.88. The fraction of sp³-hybridized carbons (Fsp3) is 0.286. The Bertz CT molecular complexity index is 1400. The predicted molar refractivity (Wildman–Crippen MR) is 155 cm³/mol. The number of carbonyl (C=O) groups is 2. The van der Waals surface area contributed by atoms with Crippen LogP contribution in [0.15, 0.2) is 76.1 Å². The van der Waals surface area contributed by atoms with Gasteiger partial charge in [-0.05, 0) is 92.9 Å². The first-order valence-electron chi connectivity index (χ1n) is 12.1. The summed E-state index contributed by atoms with van der Waals surface area (Å²) in [5.74, 6) is -0.835. The first-order chi connectivity index (χ1) is 17.9. The molecule has 0 aliphatic carbocycles. The summed E-state index contributed by atoms with van der Waals surface area (Å²) in [6.07, 6.45) is 0. The number of nitrogens with one attached hydrogen (secondary N) is 1. The van der Waals surface area contributed by atoms with Crippen molar-refractivity contribution in [2.24, 2.45) is 0 Å². The van der Waals surface area contributed by atoms with Crippen LogP contribution in [-0.2, 0) is 26.2 Å². The highest BCUT2D eigenvalue weighted by Gasteiger charge is 2.32. The highest BCUT2D eigenvalue weighted by atomic mass is 79.9. The number of halogens is 2. The summed E-state index contributed by atoms with van der Waals surface area (Å²) in [6.45, 7) is 7.28. The van der Waals surface area contributed by atoms with E-state index in [0.29, 0.717) is 17.3 Å². The molecule has 7 nitrogen and oxygen atoms in total. The molecule has 0 fully saturated rings. The van der Waals surface area contributed by atoms with E-state index in [4.69, 9.17) is 11.6 Å². The van der Waals surface area contributed by atoms with Gasteiger partial charge in [0.05, 0.1) is 10.6 Å². The average molecular weight is 621 g/mol. The highest BCUT2D eigenvalue weighted by Crippen LogP contribution is 2.27. The fourth-order valence-electron chi connectivity index (χ4n) is 3.83. The molecule has 0 spiro atoms. The van der Waals surface area contributed by atoms with Gasteiger partial charge >= 0.3 is 0 Å². The van der Waals surface area contributed by atoms with Gasteiger partial charge in [-0.2, -0.15) is 0 Å². The normalized spacial score (nSPS) is 12.1. The summed E-state index contributed by atoms with van der Waals surface area (Å²) in [5.41, 5.74) is 3.03. The fourth-order valence-corrected chi connectivity index (χ4v) is 5.63.